The molecule has 0 aromatic heterocycles. The van der Waals surface area contributed by atoms with Crippen LogP contribution in [0.3, 0.4) is 0 Å². The molecule has 0 saturated carbocycles. The quantitative estimate of drug-likeness (QED) is 0.854. The van der Waals surface area contributed by atoms with E-state index in [1.165, 1.54) is 17.0 Å². The molecule has 1 aromatic carbocycles. The van der Waals surface area contributed by atoms with Crippen molar-refractivity contribution in [2.45, 2.75) is 11.6 Å². The van der Waals surface area contributed by atoms with Gasteiger partial charge in [-0.15, -0.1) is 11.8 Å². The van der Waals surface area contributed by atoms with E-state index in [0.717, 1.165) is 23.9 Å². The summed E-state index contributed by atoms with van der Waals surface area (Å²) in [6.07, 6.45) is -4.44. The highest BCUT2D eigenvalue weighted by Crippen LogP contribution is 2.32. The molecule has 1 unspecified atom stereocenters. The van der Waals surface area contributed by atoms with Crippen molar-refractivity contribution in [2.24, 2.45) is 0 Å². The van der Waals surface area contributed by atoms with E-state index in [-0.39, 0.29) is 5.69 Å². The Balaban J connectivity index is 2.31. The molecule has 1 saturated heterocycles. The summed E-state index contributed by atoms with van der Waals surface area (Å²) in [5.74, 6) is -0.0889. The molecule has 1 heterocycles. The van der Waals surface area contributed by atoms with Gasteiger partial charge in [-0.2, -0.15) is 13.2 Å². The molecule has 0 aliphatic carbocycles. The van der Waals surface area contributed by atoms with Crippen molar-refractivity contribution < 1.29 is 23.1 Å². The summed E-state index contributed by atoms with van der Waals surface area (Å²) in [4.78, 5) is 12.8. The number of thioether (sulfide) groups is 1. The number of aliphatic hydroxyl groups excluding tert-OH is 1. The summed E-state index contributed by atoms with van der Waals surface area (Å²) >= 11 is 1.08. The third-order valence-corrected chi connectivity index (χ3v) is 3.49. The van der Waals surface area contributed by atoms with Crippen molar-refractivity contribution in [3.05, 3.63) is 29.8 Å². The number of hydrogen-bond donors (Lipinski definition) is 1. The summed E-state index contributed by atoms with van der Waals surface area (Å²) in [7, 11) is 0. The molecule has 0 bridgehead atoms. The van der Waals surface area contributed by atoms with E-state index < -0.39 is 23.1 Å². The van der Waals surface area contributed by atoms with E-state index in [1.54, 1.807) is 0 Å². The van der Waals surface area contributed by atoms with Crippen LogP contribution >= 0.6 is 11.8 Å². The second kappa shape index (κ2) is 4.81. The third kappa shape index (κ3) is 2.62. The molecule has 98 valence electrons. The molecule has 1 N–H and O–H groups in total. The Hall–Kier alpha value is -1.21. The first-order valence-corrected chi connectivity index (χ1v) is 6.23. The van der Waals surface area contributed by atoms with Gasteiger partial charge in [-0.3, -0.25) is 4.79 Å². The van der Waals surface area contributed by atoms with Crippen molar-refractivity contribution >= 4 is 23.4 Å². The SMILES string of the molecule is O=C1C(O)SCCN1c1cccc(C(F)(F)F)c1. The maximum atomic E-state index is 12.6. The lowest BCUT2D eigenvalue weighted by Crippen LogP contribution is -2.43. The molecule has 18 heavy (non-hydrogen) atoms. The molecular weight excluding hydrogens is 267 g/mol. The maximum Gasteiger partial charge on any atom is 0.416 e. The van der Waals surface area contributed by atoms with E-state index >= 15 is 0 Å². The number of benzene rings is 1. The highest BCUT2D eigenvalue weighted by Gasteiger charge is 2.33. The number of anilines is 1. The zero-order valence-electron chi connectivity index (χ0n) is 9.15. The van der Waals surface area contributed by atoms with Crippen molar-refractivity contribution in [1.82, 2.24) is 0 Å². The smallest absolute Gasteiger partial charge is 0.373 e. The molecule has 0 spiro atoms. The van der Waals surface area contributed by atoms with Gasteiger partial charge >= 0.3 is 6.18 Å². The molecule has 1 fully saturated rings. The largest absolute Gasteiger partial charge is 0.416 e. The van der Waals surface area contributed by atoms with E-state index in [0.29, 0.717) is 12.3 Å². The fourth-order valence-corrected chi connectivity index (χ4v) is 2.46. The zero-order valence-corrected chi connectivity index (χ0v) is 9.96. The lowest BCUT2D eigenvalue weighted by molar-refractivity contribution is -0.137. The van der Waals surface area contributed by atoms with Gasteiger partial charge in [0.2, 0.25) is 0 Å². The van der Waals surface area contributed by atoms with Crippen LogP contribution in [-0.2, 0) is 11.0 Å². The minimum atomic E-state index is -4.44. The summed E-state index contributed by atoms with van der Waals surface area (Å²) in [5, 5.41) is 9.39. The van der Waals surface area contributed by atoms with Gasteiger partial charge in [-0.25, -0.2) is 0 Å². The number of carbonyl (C=O) groups is 1. The Morgan fingerprint density at radius 2 is 2.11 bits per heavy atom. The average Bonchev–Trinajstić information content (AvgIpc) is 2.32. The van der Waals surface area contributed by atoms with Gasteiger partial charge in [0.25, 0.3) is 5.91 Å². The standard InChI is InChI=1S/C11H10F3NO2S/c12-11(13,14)7-2-1-3-8(6-7)15-4-5-18-10(17)9(15)16/h1-3,6,10,17H,4-5H2. The lowest BCUT2D eigenvalue weighted by Gasteiger charge is -2.29. The van der Waals surface area contributed by atoms with Crippen LogP contribution in [0.2, 0.25) is 0 Å². The first kappa shape index (κ1) is 13.2. The van der Waals surface area contributed by atoms with Gasteiger partial charge in [0, 0.05) is 18.0 Å². The fourth-order valence-electron chi connectivity index (χ4n) is 1.68. The van der Waals surface area contributed by atoms with Crippen molar-refractivity contribution in [1.29, 1.82) is 0 Å². The van der Waals surface area contributed by atoms with Crippen LogP contribution < -0.4 is 4.90 Å². The van der Waals surface area contributed by atoms with Gasteiger partial charge in [0.1, 0.15) is 0 Å². The summed E-state index contributed by atoms with van der Waals surface area (Å²) in [6, 6.07) is 4.54. The number of rotatable bonds is 1. The van der Waals surface area contributed by atoms with Gasteiger partial charge < -0.3 is 10.0 Å². The number of nitrogens with zero attached hydrogens (tertiary/aromatic N) is 1. The topological polar surface area (TPSA) is 40.5 Å². The number of hydrogen-bond acceptors (Lipinski definition) is 3. The van der Waals surface area contributed by atoms with Crippen molar-refractivity contribution in [3.8, 4) is 0 Å². The monoisotopic (exact) mass is 277 g/mol. The molecule has 1 aliphatic heterocycles. The number of halogens is 3. The van der Waals surface area contributed by atoms with Gasteiger partial charge in [-0.05, 0) is 18.2 Å². The van der Waals surface area contributed by atoms with Crippen molar-refractivity contribution in [2.75, 3.05) is 17.2 Å². The predicted octanol–water partition coefficient (Wildman–Crippen LogP) is 2.10. The van der Waals surface area contributed by atoms with E-state index in [9.17, 15) is 23.1 Å². The van der Waals surface area contributed by atoms with Gasteiger partial charge in [-0.1, -0.05) is 6.07 Å². The van der Waals surface area contributed by atoms with E-state index in [1.807, 2.05) is 0 Å². The van der Waals surface area contributed by atoms with E-state index in [2.05, 4.69) is 0 Å². The number of carbonyl (C=O) groups excluding carboxylic acids is 1. The van der Waals surface area contributed by atoms with Crippen LogP contribution in [0.15, 0.2) is 24.3 Å². The van der Waals surface area contributed by atoms with Gasteiger partial charge in [0.05, 0.1) is 5.56 Å². The van der Waals surface area contributed by atoms with Crippen LogP contribution in [0, 0.1) is 0 Å². The molecule has 2 rings (SSSR count). The molecular formula is C11H10F3NO2S. The lowest BCUT2D eigenvalue weighted by atomic mass is 10.2. The third-order valence-electron chi connectivity index (χ3n) is 2.55. The molecule has 0 radical (unpaired) electrons. The molecule has 3 nitrogen and oxygen atoms in total. The Kier molecular flexibility index (Phi) is 3.54. The summed E-state index contributed by atoms with van der Waals surface area (Å²) < 4.78 is 37.7. The van der Waals surface area contributed by atoms with Crippen molar-refractivity contribution in [3.63, 3.8) is 0 Å². The van der Waals surface area contributed by atoms with Crippen LogP contribution in [0.5, 0.6) is 0 Å². The number of aliphatic hydroxyl groups is 1. The molecule has 1 aromatic rings. The predicted molar refractivity (Wildman–Crippen MR) is 62.3 cm³/mol. The second-order valence-electron chi connectivity index (χ2n) is 3.76. The fraction of sp³-hybridized carbons (Fsp3) is 0.364. The molecule has 1 aliphatic rings. The first-order chi connectivity index (χ1) is 8.39. The minimum Gasteiger partial charge on any atom is -0.373 e. The highest BCUT2D eigenvalue weighted by atomic mass is 32.2. The average molecular weight is 277 g/mol. The Morgan fingerprint density at radius 1 is 1.39 bits per heavy atom. The first-order valence-electron chi connectivity index (χ1n) is 5.18. The maximum absolute atomic E-state index is 12.6. The Labute approximate surface area is 106 Å². The number of alkyl halides is 3. The summed E-state index contributed by atoms with van der Waals surface area (Å²) in [5.41, 5.74) is -1.84. The number of amides is 1. The summed E-state index contributed by atoms with van der Waals surface area (Å²) in [6.45, 7) is 0.294. The molecule has 1 amide bonds. The highest BCUT2D eigenvalue weighted by molar-refractivity contribution is 8.00. The second-order valence-corrected chi connectivity index (χ2v) is 4.95. The Morgan fingerprint density at radius 3 is 2.78 bits per heavy atom. The van der Waals surface area contributed by atoms with Crippen LogP contribution in [-0.4, -0.2) is 28.7 Å². The van der Waals surface area contributed by atoms with Crippen LogP contribution in [0.25, 0.3) is 0 Å². The van der Waals surface area contributed by atoms with Gasteiger partial charge in [0.15, 0.2) is 5.44 Å². The van der Waals surface area contributed by atoms with Crippen LogP contribution in [0.4, 0.5) is 18.9 Å². The molecule has 1 atom stereocenters. The zero-order chi connectivity index (χ0) is 13.3. The molecule has 7 heteroatoms. The van der Waals surface area contributed by atoms with E-state index in [4.69, 9.17) is 0 Å². The minimum absolute atomic E-state index is 0.161. The normalized spacial score (nSPS) is 21.2. The van der Waals surface area contributed by atoms with Crippen LogP contribution in [0.1, 0.15) is 5.56 Å². The Bertz CT molecular complexity index is 464.